The SMILES string of the molecule is CN(C)CC1CC(O)CN1Cc1nc2ccc(N)cc2[nH]1. The van der Waals surface area contributed by atoms with Crippen molar-refractivity contribution in [1.29, 1.82) is 0 Å². The Morgan fingerprint density at radius 2 is 2.29 bits per heavy atom. The number of aliphatic hydroxyl groups is 1. The first-order chi connectivity index (χ1) is 10.0. The smallest absolute Gasteiger partial charge is 0.121 e. The lowest BCUT2D eigenvalue weighted by molar-refractivity contribution is 0.168. The first kappa shape index (κ1) is 14.3. The summed E-state index contributed by atoms with van der Waals surface area (Å²) in [5.41, 5.74) is 8.43. The first-order valence-electron chi connectivity index (χ1n) is 7.32. The zero-order valence-corrected chi connectivity index (χ0v) is 12.6. The number of fused-ring (bicyclic) bond motifs is 1. The van der Waals surface area contributed by atoms with Crippen LogP contribution in [-0.4, -0.2) is 64.2 Å². The molecule has 2 aromatic rings. The third-order valence-electron chi connectivity index (χ3n) is 3.99. The number of benzene rings is 1. The van der Waals surface area contributed by atoms with Crippen molar-refractivity contribution < 1.29 is 5.11 Å². The van der Waals surface area contributed by atoms with Crippen molar-refractivity contribution in [2.45, 2.75) is 25.1 Å². The van der Waals surface area contributed by atoms with Gasteiger partial charge in [-0.15, -0.1) is 0 Å². The summed E-state index contributed by atoms with van der Waals surface area (Å²) in [6.07, 6.45) is 0.584. The quantitative estimate of drug-likeness (QED) is 0.720. The van der Waals surface area contributed by atoms with E-state index >= 15 is 0 Å². The maximum absolute atomic E-state index is 9.93. The molecule has 0 bridgehead atoms. The van der Waals surface area contributed by atoms with Crippen molar-refractivity contribution in [3.05, 3.63) is 24.0 Å². The summed E-state index contributed by atoms with van der Waals surface area (Å²) < 4.78 is 0. The lowest BCUT2D eigenvalue weighted by Gasteiger charge is -2.25. The third-order valence-corrected chi connectivity index (χ3v) is 3.99. The van der Waals surface area contributed by atoms with Crippen LogP contribution >= 0.6 is 0 Å². The van der Waals surface area contributed by atoms with Gasteiger partial charge in [-0.3, -0.25) is 4.90 Å². The molecule has 0 saturated carbocycles. The van der Waals surface area contributed by atoms with Gasteiger partial charge in [0.1, 0.15) is 5.82 Å². The standard InChI is InChI=1S/C15H23N5O/c1-19(2)7-11-6-12(21)8-20(11)9-15-17-13-4-3-10(16)5-14(13)18-15/h3-5,11-12,21H,6-9,16H2,1-2H3,(H,17,18). The van der Waals surface area contributed by atoms with Crippen LogP contribution in [0.15, 0.2) is 18.2 Å². The molecule has 1 aromatic heterocycles. The van der Waals surface area contributed by atoms with Gasteiger partial charge in [-0.2, -0.15) is 0 Å². The Bertz CT molecular complexity index is 624. The normalized spacial score (nSPS) is 23.4. The maximum Gasteiger partial charge on any atom is 0.121 e. The molecule has 6 heteroatoms. The zero-order chi connectivity index (χ0) is 15.0. The van der Waals surface area contributed by atoms with E-state index in [4.69, 9.17) is 5.73 Å². The highest BCUT2D eigenvalue weighted by molar-refractivity contribution is 5.78. The second-order valence-corrected chi connectivity index (χ2v) is 6.20. The molecule has 0 aliphatic carbocycles. The van der Waals surface area contributed by atoms with Gasteiger partial charge in [0.25, 0.3) is 0 Å². The van der Waals surface area contributed by atoms with Crippen molar-refractivity contribution in [2.75, 3.05) is 32.9 Å². The molecule has 1 aliphatic rings. The molecule has 2 atom stereocenters. The molecule has 3 rings (SSSR count). The van der Waals surface area contributed by atoms with Gasteiger partial charge >= 0.3 is 0 Å². The number of nitrogens with zero attached hydrogens (tertiary/aromatic N) is 3. The monoisotopic (exact) mass is 289 g/mol. The Hall–Kier alpha value is -1.63. The fourth-order valence-corrected chi connectivity index (χ4v) is 3.11. The van der Waals surface area contributed by atoms with E-state index in [9.17, 15) is 5.11 Å². The number of nitrogen functional groups attached to an aromatic ring is 1. The van der Waals surface area contributed by atoms with Gasteiger partial charge in [0.15, 0.2) is 0 Å². The zero-order valence-electron chi connectivity index (χ0n) is 12.6. The number of aromatic nitrogens is 2. The number of hydrogen-bond donors (Lipinski definition) is 3. The summed E-state index contributed by atoms with van der Waals surface area (Å²) in [6, 6.07) is 6.07. The molecule has 114 valence electrons. The van der Waals surface area contributed by atoms with E-state index in [1.165, 1.54) is 0 Å². The van der Waals surface area contributed by atoms with Crippen molar-refractivity contribution in [1.82, 2.24) is 19.8 Å². The summed E-state index contributed by atoms with van der Waals surface area (Å²) in [6.45, 7) is 2.38. The van der Waals surface area contributed by atoms with Crippen LogP contribution in [0, 0.1) is 0 Å². The number of imidazole rings is 1. The van der Waals surface area contributed by atoms with Crippen LogP contribution in [0.1, 0.15) is 12.2 Å². The van der Waals surface area contributed by atoms with E-state index in [1.54, 1.807) is 0 Å². The van der Waals surface area contributed by atoms with E-state index in [-0.39, 0.29) is 6.10 Å². The Kier molecular flexibility index (Phi) is 3.84. The molecule has 1 aliphatic heterocycles. The highest BCUT2D eigenvalue weighted by Gasteiger charge is 2.31. The molecule has 6 nitrogen and oxygen atoms in total. The van der Waals surface area contributed by atoms with Gasteiger partial charge in [0, 0.05) is 24.8 Å². The predicted molar refractivity (Wildman–Crippen MR) is 83.9 cm³/mol. The number of anilines is 1. The number of likely N-dealkylation sites (tertiary alicyclic amines) is 1. The second-order valence-electron chi connectivity index (χ2n) is 6.20. The van der Waals surface area contributed by atoms with Crippen LogP contribution in [0.4, 0.5) is 5.69 Å². The number of aliphatic hydroxyl groups excluding tert-OH is 1. The minimum atomic E-state index is -0.241. The molecule has 0 amide bonds. The van der Waals surface area contributed by atoms with Crippen LogP contribution in [0.2, 0.25) is 0 Å². The fourth-order valence-electron chi connectivity index (χ4n) is 3.11. The first-order valence-corrected chi connectivity index (χ1v) is 7.32. The number of H-pyrrole nitrogens is 1. The van der Waals surface area contributed by atoms with E-state index in [2.05, 4.69) is 33.9 Å². The van der Waals surface area contributed by atoms with E-state index in [0.29, 0.717) is 12.6 Å². The summed E-state index contributed by atoms with van der Waals surface area (Å²) >= 11 is 0. The molecule has 1 aromatic carbocycles. The number of nitrogens with two attached hydrogens (primary N) is 1. The van der Waals surface area contributed by atoms with E-state index in [0.717, 1.165) is 42.1 Å². The lowest BCUT2D eigenvalue weighted by atomic mass is 10.2. The average Bonchev–Trinajstić information content (AvgIpc) is 2.92. The molecule has 4 N–H and O–H groups in total. The van der Waals surface area contributed by atoms with Gasteiger partial charge in [0.05, 0.1) is 23.7 Å². The molecule has 0 radical (unpaired) electrons. The molecule has 2 unspecified atom stereocenters. The van der Waals surface area contributed by atoms with Crippen LogP contribution in [0.3, 0.4) is 0 Å². The van der Waals surface area contributed by atoms with Crippen LogP contribution in [-0.2, 0) is 6.54 Å². The molecule has 0 spiro atoms. The highest BCUT2D eigenvalue weighted by Crippen LogP contribution is 2.22. The largest absolute Gasteiger partial charge is 0.399 e. The lowest BCUT2D eigenvalue weighted by Crippen LogP contribution is -2.37. The van der Waals surface area contributed by atoms with E-state index < -0.39 is 0 Å². The van der Waals surface area contributed by atoms with Gasteiger partial charge < -0.3 is 20.7 Å². The Labute approximate surface area is 124 Å². The number of rotatable bonds is 4. The number of likely N-dealkylation sites (N-methyl/N-ethyl adjacent to an activating group) is 1. The minimum Gasteiger partial charge on any atom is -0.399 e. The Balaban J connectivity index is 1.76. The van der Waals surface area contributed by atoms with Crippen molar-refractivity contribution >= 4 is 16.7 Å². The number of aromatic amines is 1. The number of nitrogens with one attached hydrogen (secondary N) is 1. The molecular formula is C15H23N5O. The maximum atomic E-state index is 9.93. The van der Waals surface area contributed by atoms with Gasteiger partial charge in [-0.25, -0.2) is 4.98 Å². The summed E-state index contributed by atoms with van der Waals surface area (Å²) in [7, 11) is 4.12. The third kappa shape index (κ3) is 3.18. The predicted octanol–water partition coefficient (Wildman–Crippen LogP) is 0.642. The number of hydrogen-bond acceptors (Lipinski definition) is 5. The van der Waals surface area contributed by atoms with Crippen molar-refractivity contribution in [3.8, 4) is 0 Å². The minimum absolute atomic E-state index is 0.241. The highest BCUT2D eigenvalue weighted by atomic mass is 16.3. The van der Waals surface area contributed by atoms with Crippen LogP contribution in [0.25, 0.3) is 11.0 Å². The molecule has 2 heterocycles. The molecule has 1 saturated heterocycles. The second kappa shape index (κ2) is 5.63. The fraction of sp³-hybridized carbons (Fsp3) is 0.533. The Morgan fingerprint density at radius 1 is 1.48 bits per heavy atom. The van der Waals surface area contributed by atoms with Crippen molar-refractivity contribution in [2.24, 2.45) is 0 Å². The average molecular weight is 289 g/mol. The summed E-state index contributed by atoms with van der Waals surface area (Å²) in [5.74, 6) is 0.924. The molecule has 1 fully saturated rings. The van der Waals surface area contributed by atoms with Gasteiger partial charge in [0.2, 0.25) is 0 Å². The van der Waals surface area contributed by atoms with Crippen LogP contribution in [0.5, 0.6) is 0 Å². The van der Waals surface area contributed by atoms with Crippen molar-refractivity contribution in [3.63, 3.8) is 0 Å². The number of β-amino-alcohol motifs (C(OH)–C–C–N with tert-alkyl or cyclic N) is 1. The summed E-state index contributed by atoms with van der Waals surface area (Å²) in [4.78, 5) is 12.4. The van der Waals surface area contributed by atoms with Gasteiger partial charge in [-0.1, -0.05) is 0 Å². The van der Waals surface area contributed by atoms with Crippen LogP contribution < -0.4 is 5.73 Å². The molecular weight excluding hydrogens is 266 g/mol. The van der Waals surface area contributed by atoms with Gasteiger partial charge in [-0.05, 0) is 38.7 Å². The van der Waals surface area contributed by atoms with E-state index in [1.807, 2.05) is 18.2 Å². The summed E-state index contributed by atoms with van der Waals surface area (Å²) in [5, 5.41) is 9.93. The topological polar surface area (TPSA) is 81.4 Å². The molecule has 21 heavy (non-hydrogen) atoms. The Morgan fingerprint density at radius 3 is 3.05 bits per heavy atom.